The second-order valence-corrected chi connectivity index (χ2v) is 8.39. The van der Waals surface area contributed by atoms with E-state index in [9.17, 15) is 14.4 Å². The highest BCUT2D eigenvalue weighted by Gasteiger charge is 2.35. The number of para-hydroxylation sites is 1. The van der Waals surface area contributed by atoms with Crippen molar-refractivity contribution in [2.24, 2.45) is 13.0 Å². The van der Waals surface area contributed by atoms with Crippen LogP contribution >= 0.6 is 0 Å². The van der Waals surface area contributed by atoms with E-state index in [0.717, 1.165) is 55.8 Å². The Labute approximate surface area is 171 Å². The minimum Gasteiger partial charge on any atom is -0.347 e. The molecule has 0 spiro atoms. The van der Waals surface area contributed by atoms with Crippen LogP contribution in [0.5, 0.6) is 0 Å². The number of carbonyl (C=O) groups is 3. The first-order chi connectivity index (χ1) is 14.0. The first kappa shape index (κ1) is 19.7. The zero-order valence-corrected chi connectivity index (χ0v) is 16.9. The van der Waals surface area contributed by atoms with Gasteiger partial charge in [-0.3, -0.25) is 14.4 Å². The fourth-order valence-corrected chi connectivity index (χ4v) is 4.78. The predicted molar refractivity (Wildman–Crippen MR) is 112 cm³/mol. The van der Waals surface area contributed by atoms with E-state index in [1.54, 1.807) is 0 Å². The summed E-state index contributed by atoms with van der Waals surface area (Å²) in [6.45, 7) is 0. The molecule has 0 aliphatic heterocycles. The molecule has 154 valence electrons. The number of nitrogens with one attached hydrogen (secondary N) is 2. The summed E-state index contributed by atoms with van der Waals surface area (Å²) in [5.74, 6) is -0.386. The normalized spacial score (nSPS) is 25.0. The zero-order valence-electron chi connectivity index (χ0n) is 16.9. The lowest BCUT2D eigenvalue weighted by atomic mass is 9.83. The smallest absolute Gasteiger partial charge is 0.268 e. The van der Waals surface area contributed by atoms with Crippen molar-refractivity contribution in [1.82, 2.24) is 15.2 Å². The quantitative estimate of drug-likeness (QED) is 0.835. The van der Waals surface area contributed by atoms with E-state index in [-0.39, 0.29) is 35.6 Å². The summed E-state index contributed by atoms with van der Waals surface area (Å²) < 4.78 is 1.89. The number of nitrogens with zero attached hydrogens (tertiary/aromatic N) is 1. The Morgan fingerprint density at radius 3 is 2.55 bits per heavy atom. The van der Waals surface area contributed by atoms with E-state index in [0.29, 0.717) is 12.1 Å². The van der Waals surface area contributed by atoms with Gasteiger partial charge in [0.15, 0.2) is 5.78 Å². The van der Waals surface area contributed by atoms with Gasteiger partial charge in [-0.1, -0.05) is 37.5 Å². The van der Waals surface area contributed by atoms with Crippen LogP contribution in [0.2, 0.25) is 0 Å². The van der Waals surface area contributed by atoms with Gasteiger partial charge in [0.1, 0.15) is 5.69 Å². The Kier molecular flexibility index (Phi) is 5.69. The van der Waals surface area contributed by atoms with Crippen molar-refractivity contribution < 1.29 is 14.4 Å². The molecule has 0 saturated heterocycles. The molecule has 0 unspecified atom stereocenters. The van der Waals surface area contributed by atoms with Crippen LogP contribution in [0.15, 0.2) is 30.3 Å². The van der Waals surface area contributed by atoms with Gasteiger partial charge in [0.2, 0.25) is 5.91 Å². The molecule has 2 N–H and O–H groups in total. The topological polar surface area (TPSA) is 80.2 Å². The van der Waals surface area contributed by atoms with Crippen molar-refractivity contribution in [3.05, 3.63) is 36.0 Å². The van der Waals surface area contributed by atoms with E-state index in [2.05, 4.69) is 10.6 Å². The van der Waals surface area contributed by atoms with Crippen LogP contribution in [0, 0.1) is 5.92 Å². The molecular formula is C23H29N3O3. The number of Topliss-reactive ketones (excluding diaryl/α,β-unsaturated/α-hetero) is 1. The third-order valence-corrected chi connectivity index (χ3v) is 6.47. The molecule has 0 bridgehead atoms. The Hall–Kier alpha value is -2.63. The largest absolute Gasteiger partial charge is 0.347 e. The Morgan fingerprint density at radius 1 is 1.00 bits per heavy atom. The number of fused-ring (bicyclic) bond motifs is 1. The molecule has 3 atom stereocenters. The second kappa shape index (κ2) is 8.39. The maximum absolute atomic E-state index is 13.0. The fourth-order valence-electron chi connectivity index (χ4n) is 4.78. The second-order valence-electron chi connectivity index (χ2n) is 8.39. The SMILES string of the molecule is Cn1c(C(=O)N[C@H]2CCCC[C@H]2C(=O)N[C@H]2CCCCC2=O)cc2ccccc21. The van der Waals surface area contributed by atoms with Gasteiger partial charge in [-0.25, -0.2) is 0 Å². The first-order valence-electron chi connectivity index (χ1n) is 10.7. The molecular weight excluding hydrogens is 366 g/mol. The highest BCUT2D eigenvalue weighted by atomic mass is 16.2. The molecule has 1 aromatic carbocycles. The number of aryl methyl sites for hydroxylation is 1. The molecule has 2 aliphatic rings. The molecule has 29 heavy (non-hydrogen) atoms. The highest BCUT2D eigenvalue weighted by molar-refractivity contribution is 5.99. The predicted octanol–water partition coefficient (Wildman–Crippen LogP) is 3.09. The van der Waals surface area contributed by atoms with Crippen molar-refractivity contribution in [3.8, 4) is 0 Å². The Balaban J connectivity index is 1.46. The minimum atomic E-state index is -0.354. The lowest BCUT2D eigenvalue weighted by molar-refractivity contribution is -0.132. The average molecular weight is 396 g/mol. The van der Waals surface area contributed by atoms with Crippen LogP contribution in [0.25, 0.3) is 10.9 Å². The number of rotatable bonds is 4. The van der Waals surface area contributed by atoms with Crippen LogP contribution < -0.4 is 10.6 Å². The van der Waals surface area contributed by atoms with Gasteiger partial charge in [0.25, 0.3) is 5.91 Å². The van der Waals surface area contributed by atoms with E-state index >= 15 is 0 Å². The highest BCUT2D eigenvalue weighted by Crippen LogP contribution is 2.26. The number of benzene rings is 1. The fraction of sp³-hybridized carbons (Fsp3) is 0.522. The maximum Gasteiger partial charge on any atom is 0.268 e. The van der Waals surface area contributed by atoms with Crippen LogP contribution in [-0.4, -0.2) is 34.2 Å². The third-order valence-electron chi connectivity index (χ3n) is 6.47. The molecule has 0 radical (unpaired) electrons. The van der Waals surface area contributed by atoms with Crippen LogP contribution in [-0.2, 0) is 16.6 Å². The van der Waals surface area contributed by atoms with Gasteiger partial charge in [-0.2, -0.15) is 0 Å². The number of carbonyl (C=O) groups excluding carboxylic acids is 3. The van der Waals surface area contributed by atoms with E-state index in [1.807, 2.05) is 41.9 Å². The summed E-state index contributed by atoms with van der Waals surface area (Å²) >= 11 is 0. The van der Waals surface area contributed by atoms with Gasteiger partial charge in [0.05, 0.1) is 12.0 Å². The summed E-state index contributed by atoms with van der Waals surface area (Å²) in [7, 11) is 1.89. The number of hydrogen-bond donors (Lipinski definition) is 2. The van der Waals surface area contributed by atoms with Gasteiger partial charge >= 0.3 is 0 Å². The minimum absolute atomic E-state index is 0.0905. The summed E-state index contributed by atoms with van der Waals surface area (Å²) in [5.41, 5.74) is 1.60. The molecule has 1 aromatic heterocycles. The third kappa shape index (κ3) is 4.07. The molecule has 2 aliphatic carbocycles. The van der Waals surface area contributed by atoms with E-state index in [4.69, 9.17) is 0 Å². The lowest BCUT2D eigenvalue weighted by Gasteiger charge is -2.33. The van der Waals surface area contributed by atoms with Gasteiger partial charge < -0.3 is 15.2 Å². The van der Waals surface area contributed by atoms with Crippen LogP contribution in [0.3, 0.4) is 0 Å². The lowest BCUT2D eigenvalue weighted by Crippen LogP contribution is -2.52. The van der Waals surface area contributed by atoms with Crippen molar-refractivity contribution in [3.63, 3.8) is 0 Å². The van der Waals surface area contributed by atoms with Crippen molar-refractivity contribution in [1.29, 1.82) is 0 Å². The van der Waals surface area contributed by atoms with Gasteiger partial charge in [-0.05, 0) is 37.8 Å². The molecule has 1 heterocycles. The number of hydrogen-bond acceptors (Lipinski definition) is 3. The molecule has 6 nitrogen and oxygen atoms in total. The van der Waals surface area contributed by atoms with E-state index < -0.39 is 0 Å². The Morgan fingerprint density at radius 2 is 1.76 bits per heavy atom. The summed E-state index contributed by atoms with van der Waals surface area (Å²) in [4.78, 5) is 38.0. The molecule has 2 amide bonds. The summed E-state index contributed by atoms with van der Waals surface area (Å²) in [6.07, 6.45) is 6.66. The molecule has 4 rings (SSSR count). The van der Waals surface area contributed by atoms with E-state index in [1.165, 1.54) is 0 Å². The van der Waals surface area contributed by atoms with Gasteiger partial charge in [0, 0.05) is 30.4 Å². The molecule has 2 saturated carbocycles. The Bertz CT molecular complexity index is 933. The van der Waals surface area contributed by atoms with Crippen molar-refractivity contribution >= 4 is 28.5 Å². The van der Waals surface area contributed by atoms with Crippen LogP contribution in [0.4, 0.5) is 0 Å². The first-order valence-corrected chi connectivity index (χ1v) is 10.7. The maximum atomic E-state index is 13.0. The summed E-state index contributed by atoms with van der Waals surface area (Å²) in [6, 6.07) is 9.23. The number of amides is 2. The monoisotopic (exact) mass is 395 g/mol. The van der Waals surface area contributed by atoms with Crippen molar-refractivity contribution in [2.45, 2.75) is 63.5 Å². The zero-order chi connectivity index (χ0) is 20.4. The standard InChI is InChI=1S/C23H29N3O3/c1-26-19-12-6-2-8-15(19)14-20(26)23(29)24-17-10-4-3-9-16(17)22(28)25-18-11-5-7-13-21(18)27/h2,6,8,12,14,16-18H,3-5,7,9-11,13H2,1H3,(H,24,29)(H,25,28)/t16-,17+,18+/m1/s1. The van der Waals surface area contributed by atoms with Crippen molar-refractivity contribution in [2.75, 3.05) is 0 Å². The number of aromatic nitrogens is 1. The number of ketones is 1. The van der Waals surface area contributed by atoms with Gasteiger partial charge in [-0.15, -0.1) is 0 Å². The van der Waals surface area contributed by atoms with Crippen LogP contribution in [0.1, 0.15) is 61.9 Å². The molecule has 2 aromatic rings. The summed E-state index contributed by atoms with van der Waals surface area (Å²) in [5, 5.41) is 7.10. The average Bonchev–Trinajstić information content (AvgIpc) is 3.07. The molecule has 2 fully saturated rings. The molecule has 6 heteroatoms.